The third-order valence-corrected chi connectivity index (χ3v) is 4.12. The summed E-state index contributed by atoms with van der Waals surface area (Å²) in [5.74, 6) is 0.615. The van der Waals surface area contributed by atoms with Crippen LogP contribution in [0.1, 0.15) is 0 Å². The Balaban J connectivity index is 2.00. The SMILES string of the molecule is Cn1c(-c2ccccc2-c2ccccc2F)nc2ccccc21. The number of imidazole rings is 1. The van der Waals surface area contributed by atoms with Gasteiger partial charge in [0.05, 0.1) is 11.0 Å². The van der Waals surface area contributed by atoms with Gasteiger partial charge in [-0.1, -0.05) is 54.6 Å². The van der Waals surface area contributed by atoms with Crippen LogP contribution in [0.5, 0.6) is 0 Å². The quantitative estimate of drug-likeness (QED) is 0.507. The first-order valence-corrected chi connectivity index (χ1v) is 7.51. The lowest BCUT2D eigenvalue weighted by Crippen LogP contribution is -1.95. The highest BCUT2D eigenvalue weighted by Gasteiger charge is 2.15. The summed E-state index contributed by atoms with van der Waals surface area (Å²) in [6, 6.07) is 22.7. The number of aryl methyl sites for hydroxylation is 1. The van der Waals surface area contributed by atoms with Gasteiger partial charge in [-0.15, -0.1) is 0 Å². The van der Waals surface area contributed by atoms with E-state index in [4.69, 9.17) is 4.98 Å². The molecule has 0 amide bonds. The molecular formula is C20H15FN2. The zero-order valence-corrected chi connectivity index (χ0v) is 12.7. The van der Waals surface area contributed by atoms with E-state index in [2.05, 4.69) is 4.57 Å². The van der Waals surface area contributed by atoms with Gasteiger partial charge in [0.1, 0.15) is 11.6 Å². The Morgan fingerprint density at radius 1 is 0.739 bits per heavy atom. The zero-order valence-electron chi connectivity index (χ0n) is 12.7. The highest BCUT2D eigenvalue weighted by molar-refractivity contribution is 5.86. The van der Waals surface area contributed by atoms with Crippen LogP contribution in [0.3, 0.4) is 0 Å². The van der Waals surface area contributed by atoms with Crippen molar-refractivity contribution in [2.24, 2.45) is 7.05 Å². The number of nitrogens with zero attached hydrogens (tertiary/aromatic N) is 2. The molecule has 0 aliphatic heterocycles. The van der Waals surface area contributed by atoms with Crippen molar-refractivity contribution in [3.05, 3.63) is 78.6 Å². The third kappa shape index (κ3) is 2.21. The minimum atomic E-state index is -0.223. The molecule has 0 saturated heterocycles. The van der Waals surface area contributed by atoms with E-state index in [1.165, 1.54) is 6.07 Å². The minimum Gasteiger partial charge on any atom is -0.327 e. The molecule has 0 aliphatic rings. The van der Waals surface area contributed by atoms with Gasteiger partial charge >= 0.3 is 0 Å². The molecule has 0 atom stereocenters. The summed E-state index contributed by atoms with van der Waals surface area (Å²) in [5, 5.41) is 0. The van der Waals surface area contributed by atoms with Crippen LogP contribution >= 0.6 is 0 Å². The van der Waals surface area contributed by atoms with E-state index in [0.29, 0.717) is 5.56 Å². The summed E-state index contributed by atoms with van der Waals surface area (Å²) in [4.78, 5) is 4.74. The fourth-order valence-electron chi connectivity index (χ4n) is 2.98. The Morgan fingerprint density at radius 2 is 1.35 bits per heavy atom. The Bertz CT molecular complexity index is 1000. The van der Waals surface area contributed by atoms with Crippen LogP contribution < -0.4 is 0 Å². The molecular weight excluding hydrogens is 287 g/mol. The van der Waals surface area contributed by atoms with Gasteiger partial charge in [0.2, 0.25) is 0 Å². The number of fused-ring (bicyclic) bond motifs is 1. The molecule has 0 aliphatic carbocycles. The largest absolute Gasteiger partial charge is 0.327 e. The molecule has 112 valence electrons. The smallest absolute Gasteiger partial charge is 0.141 e. The molecule has 3 aromatic carbocycles. The summed E-state index contributed by atoms with van der Waals surface area (Å²) >= 11 is 0. The van der Waals surface area contributed by atoms with Gasteiger partial charge in [-0.05, 0) is 23.8 Å². The number of halogens is 1. The molecule has 0 spiro atoms. The maximum Gasteiger partial charge on any atom is 0.141 e. The number of hydrogen-bond acceptors (Lipinski definition) is 1. The van der Waals surface area contributed by atoms with Gasteiger partial charge in [0.15, 0.2) is 0 Å². The fraction of sp³-hybridized carbons (Fsp3) is 0.0500. The summed E-state index contributed by atoms with van der Waals surface area (Å²) in [5.41, 5.74) is 4.37. The van der Waals surface area contributed by atoms with Crippen molar-refractivity contribution in [3.63, 3.8) is 0 Å². The summed E-state index contributed by atoms with van der Waals surface area (Å²) in [7, 11) is 1.99. The Kier molecular flexibility index (Phi) is 3.19. The van der Waals surface area contributed by atoms with Crippen molar-refractivity contribution in [3.8, 4) is 22.5 Å². The van der Waals surface area contributed by atoms with Crippen molar-refractivity contribution in [1.29, 1.82) is 0 Å². The lowest BCUT2D eigenvalue weighted by molar-refractivity contribution is 0.631. The summed E-state index contributed by atoms with van der Waals surface area (Å²) < 4.78 is 16.3. The van der Waals surface area contributed by atoms with Crippen molar-refractivity contribution in [1.82, 2.24) is 9.55 Å². The molecule has 0 bridgehead atoms. The van der Waals surface area contributed by atoms with E-state index in [9.17, 15) is 4.39 Å². The predicted molar refractivity (Wildman–Crippen MR) is 91.5 cm³/mol. The van der Waals surface area contributed by atoms with Crippen LogP contribution in [-0.2, 0) is 7.05 Å². The topological polar surface area (TPSA) is 17.8 Å². The standard InChI is InChI=1S/C20H15FN2/c1-23-19-13-7-6-12-18(19)22-20(23)16-10-3-2-8-14(16)15-9-4-5-11-17(15)21/h2-13H,1H3. The van der Waals surface area contributed by atoms with Crippen molar-refractivity contribution in [2.45, 2.75) is 0 Å². The molecule has 4 aromatic rings. The van der Waals surface area contributed by atoms with E-state index >= 15 is 0 Å². The lowest BCUT2D eigenvalue weighted by atomic mass is 9.99. The van der Waals surface area contributed by atoms with Crippen molar-refractivity contribution >= 4 is 11.0 Å². The van der Waals surface area contributed by atoms with Crippen molar-refractivity contribution < 1.29 is 4.39 Å². The van der Waals surface area contributed by atoms with Gasteiger partial charge in [-0.25, -0.2) is 9.37 Å². The minimum absolute atomic E-state index is 0.223. The number of hydrogen-bond donors (Lipinski definition) is 0. The van der Waals surface area contributed by atoms with Gasteiger partial charge in [0, 0.05) is 18.2 Å². The summed E-state index contributed by atoms with van der Waals surface area (Å²) in [6.45, 7) is 0. The van der Waals surface area contributed by atoms with Crippen LogP contribution in [0.25, 0.3) is 33.5 Å². The molecule has 1 aromatic heterocycles. The molecule has 23 heavy (non-hydrogen) atoms. The van der Waals surface area contributed by atoms with Crippen LogP contribution in [0.4, 0.5) is 4.39 Å². The molecule has 2 nitrogen and oxygen atoms in total. The second-order valence-corrected chi connectivity index (χ2v) is 5.51. The second-order valence-electron chi connectivity index (χ2n) is 5.51. The normalized spacial score (nSPS) is 11.0. The number of rotatable bonds is 2. The first-order chi connectivity index (χ1) is 11.3. The molecule has 0 radical (unpaired) electrons. The van der Waals surface area contributed by atoms with E-state index in [1.807, 2.05) is 61.6 Å². The van der Waals surface area contributed by atoms with E-state index in [-0.39, 0.29) is 5.82 Å². The molecule has 0 N–H and O–H groups in total. The fourth-order valence-corrected chi connectivity index (χ4v) is 2.98. The number of para-hydroxylation sites is 2. The molecule has 0 unspecified atom stereocenters. The van der Waals surface area contributed by atoms with Crippen LogP contribution in [0.15, 0.2) is 72.8 Å². The molecule has 4 rings (SSSR count). The number of aromatic nitrogens is 2. The van der Waals surface area contributed by atoms with Crippen LogP contribution in [-0.4, -0.2) is 9.55 Å². The monoisotopic (exact) mass is 302 g/mol. The highest BCUT2D eigenvalue weighted by Crippen LogP contribution is 2.34. The molecule has 3 heteroatoms. The van der Waals surface area contributed by atoms with E-state index < -0.39 is 0 Å². The van der Waals surface area contributed by atoms with Crippen molar-refractivity contribution in [2.75, 3.05) is 0 Å². The maximum atomic E-state index is 14.2. The predicted octanol–water partition coefficient (Wildman–Crippen LogP) is 5.05. The zero-order chi connectivity index (χ0) is 15.8. The first-order valence-electron chi connectivity index (χ1n) is 7.51. The second kappa shape index (κ2) is 5.36. The molecule has 1 heterocycles. The average molecular weight is 302 g/mol. The van der Waals surface area contributed by atoms with E-state index in [0.717, 1.165) is 28.0 Å². The summed E-state index contributed by atoms with van der Waals surface area (Å²) in [6.07, 6.45) is 0. The third-order valence-electron chi connectivity index (χ3n) is 4.12. The van der Waals surface area contributed by atoms with Gasteiger partial charge in [-0.3, -0.25) is 0 Å². The lowest BCUT2D eigenvalue weighted by Gasteiger charge is -2.10. The average Bonchev–Trinajstić information content (AvgIpc) is 2.93. The van der Waals surface area contributed by atoms with Crippen LogP contribution in [0.2, 0.25) is 0 Å². The Morgan fingerprint density at radius 3 is 2.09 bits per heavy atom. The van der Waals surface area contributed by atoms with Gasteiger partial charge in [0.25, 0.3) is 0 Å². The Labute approximate surface area is 133 Å². The Hall–Kier alpha value is -2.94. The maximum absolute atomic E-state index is 14.2. The van der Waals surface area contributed by atoms with Crippen LogP contribution in [0, 0.1) is 5.82 Å². The molecule has 0 saturated carbocycles. The highest BCUT2D eigenvalue weighted by atomic mass is 19.1. The van der Waals surface area contributed by atoms with Gasteiger partial charge < -0.3 is 4.57 Å². The van der Waals surface area contributed by atoms with E-state index in [1.54, 1.807) is 12.1 Å². The first kappa shape index (κ1) is 13.7. The van der Waals surface area contributed by atoms with Gasteiger partial charge in [-0.2, -0.15) is 0 Å². The molecule has 0 fully saturated rings. The number of benzene rings is 3.